The maximum atomic E-state index is 12.1. The Morgan fingerprint density at radius 3 is 2.67 bits per heavy atom. The topological polar surface area (TPSA) is 64.6 Å². The van der Waals surface area contributed by atoms with E-state index < -0.39 is 5.60 Å². The Labute approximate surface area is 133 Å². The minimum Gasteiger partial charge on any atom is -0.471 e. The molecule has 2 heterocycles. The van der Waals surface area contributed by atoms with Crippen LogP contribution in [-0.2, 0) is 4.74 Å². The number of amides is 1. The largest absolute Gasteiger partial charge is 0.471 e. The van der Waals surface area contributed by atoms with E-state index in [9.17, 15) is 4.79 Å². The summed E-state index contributed by atoms with van der Waals surface area (Å²) in [6.45, 7) is 8.06. The Bertz CT molecular complexity index is 501. The molecular formula is C14H20BrN3O3. The molecule has 0 unspecified atom stereocenters. The van der Waals surface area contributed by atoms with Crippen LogP contribution in [0.3, 0.4) is 0 Å². The van der Waals surface area contributed by atoms with E-state index >= 15 is 0 Å². The highest BCUT2D eigenvalue weighted by Crippen LogP contribution is 2.24. The van der Waals surface area contributed by atoms with Gasteiger partial charge in [0.05, 0.1) is 18.9 Å². The Kier molecular flexibility index (Phi) is 4.70. The van der Waals surface area contributed by atoms with Gasteiger partial charge in [-0.1, -0.05) is 0 Å². The zero-order valence-corrected chi connectivity index (χ0v) is 14.3. The van der Waals surface area contributed by atoms with Crippen LogP contribution in [0.4, 0.5) is 4.79 Å². The zero-order chi connectivity index (χ0) is 15.6. The number of carbonyl (C=O) groups is 1. The summed E-state index contributed by atoms with van der Waals surface area (Å²) in [6.07, 6.45) is 3.49. The van der Waals surface area contributed by atoms with E-state index in [2.05, 4.69) is 25.9 Å². The summed E-state index contributed by atoms with van der Waals surface area (Å²) >= 11 is 3.23. The lowest BCUT2D eigenvalue weighted by molar-refractivity contribution is 0.0223. The summed E-state index contributed by atoms with van der Waals surface area (Å²) < 4.78 is 11.8. The van der Waals surface area contributed by atoms with Gasteiger partial charge in [0.1, 0.15) is 16.3 Å². The average molecular weight is 358 g/mol. The molecule has 1 saturated heterocycles. The van der Waals surface area contributed by atoms with Crippen LogP contribution < -0.4 is 4.74 Å². The van der Waals surface area contributed by atoms with E-state index in [1.165, 1.54) is 0 Å². The number of carbonyl (C=O) groups excluding carboxylic acids is 1. The van der Waals surface area contributed by atoms with Crippen molar-refractivity contribution >= 4 is 22.0 Å². The van der Waals surface area contributed by atoms with Crippen molar-refractivity contribution in [3.05, 3.63) is 17.0 Å². The van der Waals surface area contributed by atoms with E-state index in [-0.39, 0.29) is 18.2 Å². The van der Waals surface area contributed by atoms with E-state index in [1.807, 2.05) is 27.7 Å². The van der Waals surface area contributed by atoms with Crippen molar-refractivity contribution in [3.8, 4) is 5.88 Å². The van der Waals surface area contributed by atoms with E-state index in [4.69, 9.17) is 9.47 Å². The summed E-state index contributed by atoms with van der Waals surface area (Å²) in [5, 5.41) is 0. The van der Waals surface area contributed by atoms with Crippen molar-refractivity contribution in [2.75, 3.05) is 6.54 Å². The third kappa shape index (κ3) is 4.56. The lowest BCUT2D eigenvalue weighted by atomic mass is 10.2. The molecular weight excluding hydrogens is 338 g/mol. The molecule has 1 aromatic heterocycles. The predicted octanol–water partition coefficient (Wildman–Crippen LogP) is 3.02. The molecule has 1 aliphatic heterocycles. The lowest BCUT2D eigenvalue weighted by Crippen LogP contribution is -2.39. The number of hydrogen-bond acceptors (Lipinski definition) is 5. The van der Waals surface area contributed by atoms with E-state index in [0.717, 1.165) is 6.42 Å². The highest BCUT2D eigenvalue weighted by Gasteiger charge is 2.36. The van der Waals surface area contributed by atoms with Gasteiger partial charge < -0.3 is 14.4 Å². The van der Waals surface area contributed by atoms with Crippen LogP contribution in [0.1, 0.15) is 34.1 Å². The molecule has 7 heteroatoms. The van der Waals surface area contributed by atoms with Gasteiger partial charge in [0.25, 0.3) is 0 Å². The summed E-state index contributed by atoms with van der Waals surface area (Å²) in [5.74, 6) is 0.460. The maximum Gasteiger partial charge on any atom is 0.410 e. The molecule has 6 nitrogen and oxygen atoms in total. The van der Waals surface area contributed by atoms with Crippen molar-refractivity contribution in [2.45, 2.75) is 51.9 Å². The Morgan fingerprint density at radius 1 is 1.38 bits per heavy atom. The summed E-state index contributed by atoms with van der Waals surface area (Å²) in [5.41, 5.74) is -0.493. The predicted molar refractivity (Wildman–Crippen MR) is 81.2 cm³/mol. The first kappa shape index (κ1) is 16.0. The van der Waals surface area contributed by atoms with Gasteiger partial charge in [0.2, 0.25) is 5.88 Å². The SMILES string of the molecule is C[C@H]1C[C@@H](Oc2cnc(Br)cn2)CN1C(=O)OC(C)(C)C. The van der Waals surface area contributed by atoms with Crippen LogP contribution in [0.5, 0.6) is 5.88 Å². The van der Waals surface area contributed by atoms with Gasteiger partial charge >= 0.3 is 6.09 Å². The molecule has 21 heavy (non-hydrogen) atoms. The van der Waals surface area contributed by atoms with Crippen LogP contribution >= 0.6 is 15.9 Å². The van der Waals surface area contributed by atoms with E-state index in [0.29, 0.717) is 17.0 Å². The lowest BCUT2D eigenvalue weighted by Gasteiger charge is -2.26. The van der Waals surface area contributed by atoms with Crippen molar-refractivity contribution in [1.29, 1.82) is 0 Å². The Balaban J connectivity index is 1.94. The molecule has 1 aromatic rings. The second-order valence-electron chi connectivity index (χ2n) is 6.13. The zero-order valence-electron chi connectivity index (χ0n) is 12.7. The van der Waals surface area contributed by atoms with Gasteiger partial charge in [0, 0.05) is 12.5 Å². The van der Waals surface area contributed by atoms with Crippen molar-refractivity contribution in [1.82, 2.24) is 14.9 Å². The quantitative estimate of drug-likeness (QED) is 0.813. The minimum absolute atomic E-state index is 0.0771. The monoisotopic (exact) mass is 357 g/mol. The minimum atomic E-state index is -0.493. The van der Waals surface area contributed by atoms with Crippen LogP contribution in [0.25, 0.3) is 0 Å². The van der Waals surface area contributed by atoms with Gasteiger partial charge in [-0.15, -0.1) is 0 Å². The summed E-state index contributed by atoms with van der Waals surface area (Å²) in [7, 11) is 0. The number of likely N-dealkylation sites (tertiary alicyclic amines) is 1. The first-order chi connectivity index (χ1) is 9.74. The number of halogens is 1. The average Bonchev–Trinajstić information content (AvgIpc) is 2.71. The number of nitrogens with zero attached hydrogens (tertiary/aromatic N) is 3. The highest BCUT2D eigenvalue weighted by molar-refractivity contribution is 9.10. The number of hydrogen-bond donors (Lipinski definition) is 0. The van der Waals surface area contributed by atoms with E-state index in [1.54, 1.807) is 17.3 Å². The molecule has 0 aromatic carbocycles. The van der Waals surface area contributed by atoms with Crippen LogP contribution in [0, 0.1) is 0 Å². The fourth-order valence-electron chi connectivity index (χ4n) is 2.17. The molecule has 0 N–H and O–H groups in total. The first-order valence-electron chi connectivity index (χ1n) is 6.88. The molecule has 116 valence electrons. The third-order valence-corrected chi connectivity index (χ3v) is 3.46. The van der Waals surface area contributed by atoms with Crippen molar-refractivity contribution < 1.29 is 14.3 Å². The molecule has 0 bridgehead atoms. The van der Waals surface area contributed by atoms with Crippen molar-refractivity contribution in [2.24, 2.45) is 0 Å². The molecule has 0 saturated carbocycles. The number of ether oxygens (including phenoxy) is 2. The molecule has 1 aliphatic rings. The van der Waals surface area contributed by atoms with Crippen LogP contribution in [0.15, 0.2) is 17.0 Å². The fraction of sp³-hybridized carbons (Fsp3) is 0.643. The first-order valence-corrected chi connectivity index (χ1v) is 7.68. The van der Waals surface area contributed by atoms with Gasteiger partial charge in [-0.25, -0.2) is 14.8 Å². The summed E-state index contributed by atoms with van der Waals surface area (Å²) in [4.78, 5) is 22.0. The molecule has 0 aliphatic carbocycles. The maximum absolute atomic E-state index is 12.1. The number of aromatic nitrogens is 2. The molecule has 1 fully saturated rings. The smallest absolute Gasteiger partial charge is 0.410 e. The molecule has 0 radical (unpaired) electrons. The highest BCUT2D eigenvalue weighted by atomic mass is 79.9. The number of rotatable bonds is 2. The second kappa shape index (κ2) is 6.17. The normalized spacial score (nSPS) is 22.2. The van der Waals surface area contributed by atoms with Gasteiger partial charge in [-0.3, -0.25) is 0 Å². The fourth-order valence-corrected chi connectivity index (χ4v) is 2.38. The Hall–Kier alpha value is -1.37. The van der Waals surface area contributed by atoms with Gasteiger partial charge in [0.15, 0.2) is 0 Å². The Morgan fingerprint density at radius 2 is 2.10 bits per heavy atom. The second-order valence-corrected chi connectivity index (χ2v) is 6.95. The standard InChI is InChI=1S/C14H20BrN3O3/c1-9-5-10(20-12-7-16-11(15)6-17-12)8-18(9)13(19)21-14(2,3)4/h6-7,9-10H,5,8H2,1-4H3/t9-,10+/m0/s1. The molecule has 0 spiro atoms. The van der Waals surface area contributed by atoms with Crippen LogP contribution in [0.2, 0.25) is 0 Å². The third-order valence-electron chi connectivity index (χ3n) is 3.05. The van der Waals surface area contributed by atoms with Crippen molar-refractivity contribution in [3.63, 3.8) is 0 Å². The van der Waals surface area contributed by atoms with Crippen LogP contribution in [-0.4, -0.2) is 45.3 Å². The summed E-state index contributed by atoms with van der Waals surface area (Å²) in [6, 6.07) is 0.0771. The molecule has 2 rings (SSSR count). The van der Waals surface area contributed by atoms with Gasteiger partial charge in [-0.05, 0) is 43.6 Å². The molecule has 2 atom stereocenters. The molecule has 1 amide bonds. The van der Waals surface area contributed by atoms with Gasteiger partial charge in [-0.2, -0.15) is 0 Å².